The third kappa shape index (κ3) is 2.27. The highest BCUT2D eigenvalue weighted by Crippen LogP contribution is 2.21. The lowest BCUT2D eigenvalue weighted by atomic mass is 10.0. The summed E-state index contributed by atoms with van der Waals surface area (Å²) in [4.78, 5) is 15.4. The number of rotatable bonds is 4. The number of hydrogen-bond donors (Lipinski definition) is 1. The molecule has 18 heavy (non-hydrogen) atoms. The predicted molar refractivity (Wildman–Crippen MR) is 69.7 cm³/mol. The van der Waals surface area contributed by atoms with E-state index in [1.165, 1.54) is 0 Å². The third-order valence-electron chi connectivity index (χ3n) is 2.91. The molecule has 0 radical (unpaired) electrons. The van der Waals surface area contributed by atoms with Crippen LogP contribution in [0.2, 0.25) is 0 Å². The molecule has 0 unspecified atom stereocenters. The number of carboxylic acids is 1. The molecule has 1 aromatic heterocycles. The molecular weight excluding hydrogens is 228 g/mol. The van der Waals surface area contributed by atoms with Gasteiger partial charge >= 0.3 is 5.97 Å². The molecule has 2 aromatic rings. The Morgan fingerprint density at radius 2 is 2.22 bits per heavy atom. The van der Waals surface area contributed by atoms with Crippen molar-refractivity contribution in [2.24, 2.45) is 0 Å². The molecule has 1 N–H and O–H groups in total. The monoisotopic (exact) mass is 244 g/mol. The van der Waals surface area contributed by atoms with Gasteiger partial charge in [0, 0.05) is 24.5 Å². The molecule has 0 bridgehead atoms. The lowest BCUT2D eigenvalue weighted by Gasteiger charge is -2.08. The van der Waals surface area contributed by atoms with Crippen molar-refractivity contribution in [2.45, 2.75) is 26.8 Å². The van der Waals surface area contributed by atoms with Gasteiger partial charge in [-0.05, 0) is 25.0 Å². The Morgan fingerprint density at radius 3 is 2.89 bits per heavy atom. The van der Waals surface area contributed by atoms with Gasteiger partial charge in [-0.2, -0.15) is 0 Å². The maximum absolute atomic E-state index is 11.1. The number of hydrogen-bond acceptors (Lipinski definition) is 2. The van der Waals surface area contributed by atoms with Crippen LogP contribution in [-0.2, 0) is 6.54 Å². The summed E-state index contributed by atoms with van der Waals surface area (Å²) in [6.07, 6.45) is 4.67. The first-order valence-electron chi connectivity index (χ1n) is 5.99. The summed E-state index contributed by atoms with van der Waals surface area (Å²) in [7, 11) is 0. The van der Waals surface area contributed by atoms with Crippen molar-refractivity contribution < 1.29 is 9.90 Å². The van der Waals surface area contributed by atoms with Crippen LogP contribution in [-0.4, -0.2) is 20.6 Å². The van der Waals surface area contributed by atoms with Crippen LogP contribution in [0, 0.1) is 6.92 Å². The van der Waals surface area contributed by atoms with E-state index in [1.54, 1.807) is 19.2 Å². The van der Waals surface area contributed by atoms with E-state index in [4.69, 9.17) is 5.11 Å². The zero-order valence-corrected chi connectivity index (χ0v) is 10.6. The van der Waals surface area contributed by atoms with E-state index in [9.17, 15) is 4.79 Å². The number of benzene rings is 1. The molecule has 0 saturated carbocycles. The Kier molecular flexibility index (Phi) is 3.46. The molecule has 0 fully saturated rings. The van der Waals surface area contributed by atoms with Gasteiger partial charge in [0.1, 0.15) is 5.82 Å². The van der Waals surface area contributed by atoms with E-state index in [0.717, 1.165) is 29.9 Å². The van der Waals surface area contributed by atoms with Crippen LogP contribution in [0.15, 0.2) is 30.6 Å². The second kappa shape index (κ2) is 5.04. The van der Waals surface area contributed by atoms with Gasteiger partial charge in [0.05, 0.1) is 5.56 Å². The lowest BCUT2D eigenvalue weighted by Crippen LogP contribution is -2.02. The Bertz CT molecular complexity index is 573. The molecule has 1 heterocycles. The number of aromatic carboxylic acids is 1. The topological polar surface area (TPSA) is 55.1 Å². The molecule has 4 heteroatoms. The fourth-order valence-corrected chi connectivity index (χ4v) is 1.98. The number of imidazole rings is 1. The molecule has 0 spiro atoms. The Labute approximate surface area is 106 Å². The minimum absolute atomic E-state index is 0.332. The number of aryl methyl sites for hydroxylation is 2. The number of aromatic nitrogens is 2. The molecule has 0 aliphatic rings. The predicted octanol–water partition coefficient (Wildman–Crippen LogP) is 2.97. The zero-order chi connectivity index (χ0) is 13.1. The summed E-state index contributed by atoms with van der Waals surface area (Å²) in [6, 6.07) is 5.42. The largest absolute Gasteiger partial charge is 0.478 e. The maximum Gasteiger partial charge on any atom is 0.335 e. The van der Waals surface area contributed by atoms with E-state index in [0.29, 0.717) is 5.56 Å². The van der Waals surface area contributed by atoms with Crippen LogP contribution in [0.3, 0.4) is 0 Å². The SMILES string of the molecule is CCCn1ccnc1-c1ccc(C)c(C(=O)O)c1. The summed E-state index contributed by atoms with van der Waals surface area (Å²) >= 11 is 0. The van der Waals surface area contributed by atoms with E-state index in [-0.39, 0.29) is 0 Å². The van der Waals surface area contributed by atoms with Gasteiger partial charge in [-0.15, -0.1) is 0 Å². The van der Waals surface area contributed by atoms with Gasteiger partial charge in [0.15, 0.2) is 0 Å². The molecule has 0 amide bonds. The smallest absolute Gasteiger partial charge is 0.335 e. The average molecular weight is 244 g/mol. The number of carbonyl (C=O) groups is 1. The minimum Gasteiger partial charge on any atom is -0.478 e. The summed E-state index contributed by atoms with van der Waals surface area (Å²) < 4.78 is 2.04. The highest BCUT2D eigenvalue weighted by molar-refractivity contribution is 5.90. The highest BCUT2D eigenvalue weighted by atomic mass is 16.4. The molecule has 0 saturated heterocycles. The molecule has 0 aliphatic carbocycles. The third-order valence-corrected chi connectivity index (χ3v) is 2.91. The second-order valence-corrected chi connectivity index (χ2v) is 4.28. The normalized spacial score (nSPS) is 10.6. The summed E-state index contributed by atoms with van der Waals surface area (Å²) in [5, 5.41) is 9.13. The van der Waals surface area contributed by atoms with Gasteiger partial charge in [0.2, 0.25) is 0 Å². The van der Waals surface area contributed by atoms with Crippen LogP contribution in [0.1, 0.15) is 29.3 Å². The van der Waals surface area contributed by atoms with Gasteiger partial charge in [0.25, 0.3) is 0 Å². The first-order valence-corrected chi connectivity index (χ1v) is 5.99. The zero-order valence-electron chi connectivity index (χ0n) is 10.6. The standard InChI is InChI=1S/C14H16N2O2/c1-3-7-16-8-6-15-13(16)11-5-4-10(2)12(9-11)14(17)18/h4-6,8-9H,3,7H2,1-2H3,(H,17,18). The summed E-state index contributed by atoms with van der Waals surface area (Å²) in [5.74, 6) is -0.0812. The second-order valence-electron chi connectivity index (χ2n) is 4.28. The highest BCUT2D eigenvalue weighted by Gasteiger charge is 2.11. The van der Waals surface area contributed by atoms with Crippen molar-refractivity contribution in [3.63, 3.8) is 0 Å². The lowest BCUT2D eigenvalue weighted by molar-refractivity contribution is 0.0696. The maximum atomic E-state index is 11.1. The Morgan fingerprint density at radius 1 is 1.44 bits per heavy atom. The fraction of sp³-hybridized carbons (Fsp3) is 0.286. The van der Waals surface area contributed by atoms with Crippen LogP contribution in [0.25, 0.3) is 11.4 Å². The van der Waals surface area contributed by atoms with E-state index in [2.05, 4.69) is 11.9 Å². The van der Waals surface area contributed by atoms with Gasteiger partial charge in [-0.3, -0.25) is 0 Å². The molecule has 1 aromatic carbocycles. The van der Waals surface area contributed by atoms with Crippen molar-refractivity contribution in [2.75, 3.05) is 0 Å². The van der Waals surface area contributed by atoms with Gasteiger partial charge in [-0.1, -0.05) is 19.1 Å². The first-order chi connectivity index (χ1) is 8.63. The van der Waals surface area contributed by atoms with E-state index >= 15 is 0 Å². The Balaban J connectivity index is 2.47. The van der Waals surface area contributed by atoms with Crippen LogP contribution < -0.4 is 0 Å². The fourth-order valence-electron chi connectivity index (χ4n) is 1.98. The summed E-state index contributed by atoms with van der Waals surface area (Å²) in [5.41, 5.74) is 1.94. The van der Waals surface area contributed by atoms with Crippen molar-refractivity contribution >= 4 is 5.97 Å². The van der Waals surface area contributed by atoms with Crippen molar-refractivity contribution in [3.8, 4) is 11.4 Å². The molecule has 94 valence electrons. The molecule has 2 rings (SSSR count). The van der Waals surface area contributed by atoms with Crippen LogP contribution in [0.5, 0.6) is 0 Å². The number of carboxylic acid groups (broad SMARTS) is 1. The van der Waals surface area contributed by atoms with E-state index < -0.39 is 5.97 Å². The number of nitrogens with zero attached hydrogens (tertiary/aromatic N) is 2. The Hall–Kier alpha value is -2.10. The van der Waals surface area contributed by atoms with Crippen molar-refractivity contribution in [3.05, 3.63) is 41.7 Å². The first kappa shape index (κ1) is 12.4. The molecule has 4 nitrogen and oxygen atoms in total. The summed E-state index contributed by atoms with van der Waals surface area (Å²) in [6.45, 7) is 4.78. The minimum atomic E-state index is -0.900. The molecular formula is C14H16N2O2. The molecule has 0 aliphatic heterocycles. The van der Waals surface area contributed by atoms with Gasteiger partial charge < -0.3 is 9.67 Å². The van der Waals surface area contributed by atoms with Crippen molar-refractivity contribution in [1.29, 1.82) is 0 Å². The van der Waals surface area contributed by atoms with Gasteiger partial charge in [-0.25, -0.2) is 9.78 Å². The van der Waals surface area contributed by atoms with Crippen molar-refractivity contribution in [1.82, 2.24) is 9.55 Å². The van der Waals surface area contributed by atoms with E-state index in [1.807, 2.05) is 22.9 Å². The average Bonchev–Trinajstić information content (AvgIpc) is 2.78. The molecule has 0 atom stereocenters. The van der Waals surface area contributed by atoms with Crippen LogP contribution in [0.4, 0.5) is 0 Å². The quantitative estimate of drug-likeness (QED) is 0.899. The van der Waals surface area contributed by atoms with Crippen LogP contribution >= 0.6 is 0 Å².